The van der Waals surface area contributed by atoms with Crippen molar-refractivity contribution in [2.75, 3.05) is 11.9 Å². The summed E-state index contributed by atoms with van der Waals surface area (Å²) < 4.78 is 0. The van der Waals surface area contributed by atoms with E-state index in [0.29, 0.717) is 23.4 Å². The molecule has 2 atom stereocenters. The van der Waals surface area contributed by atoms with Crippen molar-refractivity contribution in [1.82, 2.24) is 9.97 Å². The maximum absolute atomic E-state index is 9.73. The lowest BCUT2D eigenvalue weighted by Gasteiger charge is -2.16. The van der Waals surface area contributed by atoms with Gasteiger partial charge >= 0.3 is 0 Å². The van der Waals surface area contributed by atoms with Crippen molar-refractivity contribution in [2.45, 2.75) is 39.2 Å². The lowest BCUT2D eigenvalue weighted by molar-refractivity contribution is 0.138. The summed E-state index contributed by atoms with van der Waals surface area (Å²) in [6, 6.07) is 0. The molecule has 2 unspecified atom stereocenters. The van der Waals surface area contributed by atoms with E-state index < -0.39 is 0 Å². The molecule has 5 heteroatoms. The third-order valence-corrected chi connectivity index (χ3v) is 3.68. The molecule has 0 radical (unpaired) electrons. The molecule has 1 aliphatic carbocycles. The summed E-state index contributed by atoms with van der Waals surface area (Å²) in [6.45, 7) is 4.51. The Balaban J connectivity index is 2.01. The molecule has 2 rings (SSSR count). The van der Waals surface area contributed by atoms with E-state index in [1.807, 2.05) is 13.8 Å². The number of nitrogens with zero attached hydrogens (tertiary/aromatic N) is 2. The number of aliphatic hydroxyl groups excluding tert-OH is 1. The highest BCUT2D eigenvalue weighted by molar-refractivity contribution is 6.31. The van der Waals surface area contributed by atoms with Crippen LogP contribution >= 0.6 is 11.6 Å². The van der Waals surface area contributed by atoms with Gasteiger partial charge in [-0.2, -0.15) is 0 Å². The van der Waals surface area contributed by atoms with E-state index in [-0.39, 0.29) is 6.10 Å². The van der Waals surface area contributed by atoms with Gasteiger partial charge in [-0.1, -0.05) is 18.0 Å². The standard InChI is InChI=1S/C12H18ClN3O/c1-7-8(2)16-12(11(13)15-7)14-6-9-4-3-5-10(9)17/h9-10,17H,3-6H2,1-2H3,(H,14,16). The van der Waals surface area contributed by atoms with Gasteiger partial charge in [0.05, 0.1) is 17.5 Å². The first-order valence-electron chi connectivity index (χ1n) is 6.00. The van der Waals surface area contributed by atoms with E-state index in [2.05, 4.69) is 15.3 Å². The Kier molecular flexibility index (Phi) is 3.84. The van der Waals surface area contributed by atoms with Crippen molar-refractivity contribution < 1.29 is 5.11 Å². The van der Waals surface area contributed by atoms with Crippen LogP contribution in [0.25, 0.3) is 0 Å². The average molecular weight is 256 g/mol. The predicted octanol–water partition coefficient (Wildman–Crippen LogP) is 2.32. The van der Waals surface area contributed by atoms with Crippen LogP contribution in [-0.2, 0) is 0 Å². The Morgan fingerprint density at radius 3 is 2.65 bits per heavy atom. The monoisotopic (exact) mass is 255 g/mol. The third kappa shape index (κ3) is 2.87. The Bertz CT molecular complexity index is 411. The fraction of sp³-hybridized carbons (Fsp3) is 0.667. The van der Waals surface area contributed by atoms with Gasteiger partial charge in [0.25, 0.3) is 0 Å². The molecule has 2 N–H and O–H groups in total. The maximum Gasteiger partial charge on any atom is 0.171 e. The Morgan fingerprint density at radius 1 is 1.29 bits per heavy atom. The summed E-state index contributed by atoms with van der Waals surface area (Å²) in [5.74, 6) is 0.920. The SMILES string of the molecule is Cc1nc(Cl)c(NCC2CCCC2O)nc1C. The highest BCUT2D eigenvalue weighted by Crippen LogP contribution is 2.26. The highest BCUT2D eigenvalue weighted by atomic mass is 35.5. The van der Waals surface area contributed by atoms with Gasteiger partial charge in [-0.3, -0.25) is 0 Å². The number of aliphatic hydroxyl groups is 1. The first-order chi connectivity index (χ1) is 8.08. The first kappa shape index (κ1) is 12.6. The summed E-state index contributed by atoms with van der Waals surface area (Å²) in [5, 5.41) is 13.3. The molecule has 0 bridgehead atoms. The van der Waals surface area contributed by atoms with Gasteiger partial charge in [-0.15, -0.1) is 0 Å². The normalized spacial score (nSPS) is 24.0. The van der Waals surface area contributed by atoms with Gasteiger partial charge < -0.3 is 10.4 Å². The molecule has 1 aliphatic rings. The summed E-state index contributed by atoms with van der Waals surface area (Å²) in [6.07, 6.45) is 2.86. The summed E-state index contributed by atoms with van der Waals surface area (Å²) in [4.78, 5) is 8.59. The Morgan fingerprint density at radius 2 is 2.00 bits per heavy atom. The molecule has 94 valence electrons. The average Bonchev–Trinajstić information content (AvgIpc) is 2.68. The lowest BCUT2D eigenvalue weighted by atomic mass is 10.1. The van der Waals surface area contributed by atoms with Crippen LogP contribution in [-0.4, -0.2) is 27.7 Å². The van der Waals surface area contributed by atoms with Crippen molar-refractivity contribution >= 4 is 17.4 Å². The number of hydrogen-bond donors (Lipinski definition) is 2. The second-order valence-electron chi connectivity index (χ2n) is 4.67. The molecular formula is C12H18ClN3O. The molecular weight excluding hydrogens is 238 g/mol. The number of halogens is 1. The van der Waals surface area contributed by atoms with Crippen molar-refractivity contribution in [3.63, 3.8) is 0 Å². The Labute approximate surface area is 106 Å². The van der Waals surface area contributed by atoms with Crippen molar-refractivity contribution in [3.8, 4) is 0 Å². The van der Waals surface area contributed by atoms with Gasteiger partial charge in [0.2, 0.25) is 0 Å². The largest absolute Gasteiger partial charge is 0.393 e. The zero-order valence-electron chi connectivity index (χ0n) is 10.2. The second kappa shape index (κ2) is 5.19. The van der Waals surface area contributed by atoms with E-state index in [1.165, 1.54) is 0 Å². The molecule has 17 heavy (non-hydrogen) atoms. The summed E-state index contributed by atoms with van der Waals surface area (Å²) in [5.41, 5.74) is 1.73. The number of aromatic nitrogens is 2. The van der Waals surface area contributed by atoms with Gasteiger partial charge in [-0.05, 0) is 26.7 Å². The van der Waals surface area contributed by atoms with Gasteiger partial charge in [0, 0.05) is 12.5 Å². The van der Waals surface area contributed by atoms with Crippen LogP contribution in [0.15, 0.2) is 0 Å². The van der Waals surface area contributed by atoms with Gasteiger partial charge in [-0.25, -0.2) is 9.97 Å². The summed E-state index contributed by atoms with van der Waals surface area (Å²) in [7, 11) is 0. The molecule has 0 spiro atoms. The molecule has 1 heterocycles. The van der Waals surface area contributed by atoms with Crippen LogP contribution < -0.4 is 5.32 Å². The number of nitrogens with one attached hydrogen (secondary N) is 1. The van der Waals surface area contributed by atoms with Crippen LogP contribution in [0.2, 0.25) is 5.15 Å². The minimum atomic E-state index is -0.194. The van der Waals surface area contributed by atoms with Crippen LogP contribution in [0.1, 0.15) is 30.7 Å². The molecule has 1 aromatic rings. The molecule has 1 fully saturated rings. The van der Waals surface area contributed by atoms with Gasteiger partial charge in [0.1, 0.15) is 0 Å². The van der Waals surface area contributed by atoms with E-state index in [0.717, 1.165) is 30.7 Å². The second-order valence-corrected chi connectivity index (χ2v) is 5.03. The quantitative estimate of drug-likeness (QED) is 0.870. The summed E-state index contributed by atoms with van der Waals surface area (Å²) >= 11 is 6.02. The topological polar surface area (TPSA) is 58.0 Å². The maximum atomic E-state index is 9.73. The number of anilines is 1. The molecule has 1 saturated carbocycles. The molecule has 0 aliphatic heterocycles. The Hall–Kier alpha value is -0.870. The fourth-order valence-corrected chi connectivity index (χ4v) is 2.41. The molecule has 0 amide bonds. The number of aryl methyl sites for hydroxylation is 2. The van der Waals surface area contributed by atoms with Crippen LogP contribution in [0, 0.1) is 19.8 Å². The molecule has 4 nitrogen and oxygen atoms in total. The highest BCUT2D eigenvalue weighted by Gasteiger charge is 2.25. The van der Waals surface area contributed by atoms with E-state index in [1.54, 1.807) is 0 Å². The lowest BCUT2D eigenvalue weighted by Crippen LogP contribution is -2.22. The fourth-order valence-electron chi connectivity index (χ4n) is 2.17. The smallest absolute Gasteiger partial charge is 0.171 e. The van der Waals surface area contributed by atoms with Crippen molar-refractivity contribution in [3.05, 3.63) is 16.5 Å². The van der Waals surface area contributed by atoms with E-state index >= 15 is 0 Å². The van der Waals surface area contributed by atoms with Crippen LogP contribution in [0.5, 0.6) is 0 Å². The molecule has 0 saturated heterocycles. The van der Waals surface area contributed by atoms with Crippen molar-refractivity contribution in [1.29, 1.82) is 0 Å². The number of rotatable bonds is 3. The first-order valence-corrected chi connectivity index (χ1v) is 6.38. The third-order valence-electron chi connectivity index (χ3n) is 3.42. The molecule has 0 aromatic carbocycles. The minimum Gasteiger partial charge on any atom is -0.393 e. The van der Waals surface area contributed by atoms with Crippen molar-refractivity contribution in [2.24, 2.45) is 5.92 Å². The molecule has 1 aromatic heterocycles. The number of hydrogen-bond acceptors (Lipinski definition) is 4. The zero-order valence-corrected chi connectivity index (χ0v) is 11.0. The van der Waals surface area contributed by atoms with E-state index in [9.17, 15) is 5.11 Å². The minimum absolute atomic E-state index is 0.194. The van der Waals surface area contributed by atoms with Crippen LogP contribution in [0.3, 0.4) is 0 Å². The predicted molar refractivity (Wildman–Crippen MR) is 68.4 cm³/mol. The van der Waals surface area contributed by atoms with Crippen LogP contribution in [0.4, 0.5) is 5.82 Å². The van der Waals surface area contributed by atoms with Gasteiger partial charge in [0.15, 0.2) is 11.0 Å². The van der Waals surface area contributed by atoms with E-state index in [4.69, 9.17) is 11.6 Å². The zero-order chi connectivity index (χ0) is 12.4.